The minimum absolute atomic E-state index is 0.0234. The van der Waals surface area contributed by atoms with Gasteiger partial charge in [0.15, 0.2) is 12.1 Å². The maximum atomic E-state index is 11.1. The average molecular weight is 316 g/mol. The maximum absolute atomic E-state index is 11.1. The van der Waals surface area contributed by atoms with Crippen LogP contribution in [0.1, 0.15) is 27.2 Å². The summed E-state index contributed by atoms with van der Waals surface area (Å²) in [4.78, 5) is 11.1. The molecule has 2 heterocycles. The predicted molar refractivity (Wildman–Crippen MR) is 75.9 cm³/mol. The van der Waals surface area contributed by atoms with Gasteiger partial charge in [0, 0.05) is 12.7 Å². The van der Waals surface area contributed by atoms with Crippen LogP contribution in [0.4, 0.5) is 0 Å². The number of carbonyl (C=O) groups is 1. The van der Waals surface area contributed by atoms with Crippen LogP contribution in [0.3, 0.4) is 0 Å². The number of fused-ring (bicyclic) bond motifs is 1. The van der Waals surface area contributed by atoms with E-state index in [-0.39, 0.29) is 19.3 Å². The predicted octanol–water partition coefficient (Wildman–Crippen LogP) is 0.750. The second kappa shape index (κ2) is 6.64. The Morgan fingerprint density at radius 1 is 1.32 bits per heavy atom. The zero-order valence-electron chi connectivity index (χ0n) is 13.4. The molecule has 4 atom stereocenters. The molecule has 0 spiro atoms. The zero-order chi connectivity index (χ0) is 16.4. The van der Waals surface area contributed by atoms with Crippen LogP contribution < -0.4 is 0 Å². The Balaban J connectivity index is 2.05. The van der Waals surface area contributed by atoms with E-state index < -0.39 is 29.8 Å². The molecule has 0 unspecified atom stereocenters. The SMILES string of the molecule is COC(=O)/C=C/CO[C@]1(C)[C@@H](CCO)O[C@@H]2OC(C)(C)O[C@@H]21. The smallest absolute Gasteiger partial charge is 0.330 e. The molecule has 0 saturated carbocycles. The molecular formula is C15H24O7. The van der Waals surface area contributed by atoms with Crippen molar-refractivity contribution in [3.05, 3.63) is 12.2 Å². The van der Waals surface area contributed by atoms with Crippen LogP contribution >= 0.6 is 0 Å². The van der Waals surface area contributed by atoms with Crippen molar-refractivity contribution >= 4 is 5.97 Å². The first-order chi connectivity index (χ1) is 10.3. The molecule has 2 aliphatic rings. The van der Waals surface area contributed by atoms with E-state index in [1.807, 2.05) is 20.8 Å². The average Bonchev–Trinajstić information content (AvgIpc) is 2.88. The molecule has 7 heteroatoms. The van der Waals surface area contributed by atoms with Crippen LogP contribution in [0.15, 0.2) is 12.2 Å². The number of esters is 1. The number of ether oxygens (including phenoxy) is 5. The lowest BCUT2D eigenvalue weighted by atomic mass is 9.92. The fraction of sp³-hybridized carbons (Fsp3) is 0.800. The molecule has 1 N–H and O–H groups in total. The Bertz CT molecular complexity index is 434. The van der Waals surface area contributed by atoms with Gasteiger partial charge in [-0.3, -0.25) is 0 Å². The summed E-state index contributed by atoms with van der Waals surface area (Å²) in [6, 6.07) is 0. The molecule has 0 aromatic carbocycles. The van der Waals surface area contributed by atoms with E-state index in [4.69, 9.17) is 18.9 Å². The monoisotopic (exact) mass is 316 g/mol. The van der Waals surface area contributed by atoms with Gasteiger partial charge in [-0.15, -0.1) is 0 Å². The summed E-state index contributed by atoms with van der Waals surface area (Å²) in [7, 11) is 1.31. The molecule has 0 aromatic heterocycles. The van der Waals surface area contributed by atoms with Crippen LogP contribution in [0.25, 0.3) is 0 Å². The van der Waals surface area contributed by atoms with Crippen LogP contribution in [-0.4, -0.2) is 61.3 Å². The molecule has 0 bridgehead atoms. The first-order valence-corrected chi connectivity index (χ1v) is 7.33. The summed E-state index contributed by atoms with van der Waals surface area (Å²) < 4.78 is 27.9. The highest BCUT2D eigenvalue weighted by Gasteiger charge is 2.61. The van der Waals surface area contributed by atoms with E-state index >= 15 is 0 Å². The lowest BCUT2D eigenvalue weighted by molar-refractivity contribution is -0.234. The topological polar surface area (TPSA) is 83.5 Å². The standard InChI is InChI=1S/C15H24O7/c1-14(2)21-12-13(22-14)20-10(7-8-16)15(12,3)19-9-5-6-11(17)18-4/h5-6,10,12-13,16H,7-9H2,1-4H3/b6-5+/t10-,12+,13-,15-/m1/s1. The fourth-order valence-corrected chi connectivity index (χ4v) is 2.78. The van der Waals surface area contributed by atoms with Gasteiger partial charge < -0.3 is 28.8 Å². The van der Waals surface area contributed by atoms with Crippen molar-refractivity contribution in [2.75, 3.05) is 20.3 Å². The van der Waals surface area contributed by atoms with Gasteiger partial charge >= 0.3 is 5.97 Å². The molecule has 0 amide bonds. The Kier molecular flexibility index (Phi) is 5.24. The van der Waals surface area contributed by atoms with Crippen molar-refractivity contribution < 1.29 is 33.6 Å². The fourth-order valence-electron chi connectivity index (χ4n) is 2.78. The Hall–Kier alpha value is -0.990. The lowest BCUT2D eigenvalue weighted by Gasteiger charge is -2.34. The maximum Gasteiger partial charge on any atom is 0.330 e. The summed E-state index contributed by atoms with van der Waals surface area (Å²) in [5.74, 6) is -1.19. The Morgan fingerprint density at radius 3 is 2.68 bits per heavy atom. The molecule has 2 rings (SSSR count). The van der Waals surface area contributed by atoms with Crippen molar-refractivity contribution in [1.82, 2.24) is 0 Å². The minimum Gasteiger partial charge on any atom is -0.466 e. The molecule has 2 saturated heterocycles. The number of carbonyl (C=O) groups excluding carboxylic acids is 1. The van der Waals surface area contributed by atoms with Gasteiger partial charge in [0.05, 0.1) is 19.8 Å². The first kappa shape index (κ1) is 17.4. The number of hydrogen-bond acceptors (Lipinski definition) is 7. The summed E-state index contributed by atoms with van der Waals surface area (Å²) in [5, 5.41) is 9.21. The van der Waals surface area contributed by atoms with E-state index in [1.165, 1.54) is 13.2 Å². The molecule has 2 fully saturated rings. The molecule has 0 aromatic rings. The van der Waals surface area contributed by atoms with E-state index in [9.17, 15) is 9.90 Å². The van der Waals surface area contributed by atoms with Crippen molar-refractivity contribution in [1.29, 1.82) is 0 Å². The van der Waals surface area contributed by atoms with Crippen LogP contribution in [0.5, 0.6) is 0 Å². The highest BCUT2D eigenvalue weighted by Crippen LogP contribution is 2.45. The lowest BCUT2D eigenvalue weighted by Crippen LogP contribution is -2.49. The Labute approximate surface area is 130 Å². The third-order valence-corrected chi connectivity index (χ3v) is 3.90. The van der Waals surface area contributed by atoms with Gasteiger partial charge in [-0.1, -0.05) is 6.08 Å². The number of aliphatic hydroxyl groups is 1. The minimum atomic E-state index is -0.776. The molecule has 126 valence electrons. The second-order valence-corrected chi connectivity index (χ2v) is 5.98. The molecule has 7 nitrogen and oxygen atoms in total. The molecule has 22 heavy (non-hydrogen) atoms. The highest BCUT2D eigenvalue weighted by molar-refractivity contribution is 5.81. The van der Waals surface area contributed by atoms with E-state index in [0.29, 0.717) is 6.42 Å². The zero-order valence-corrected chi connectivity index (χ0v) is 13.4. The number of aliphatic hydroxyl groups excluding tert-OH is 1. The summed E-state index contributed by atoms with van der Waals surface area (Å²) in [5.41, 5.74) is -0.776. The van der Waals surface area contributed by atoms with E-state index in [1.54, 1.807) is 6.08 Å². The number of hydrogen-bond donors (Lipinski definition) is 1. The van der Waals surface area contributed by atoms with Gasteiger partial charge in [-0.05, 0) is 27.2 Å². The summed E-state index contributed by atoms with van der Waals surface area (Å²) in [6.45, 7) is 5.67. The van der Waals surface area contributed by atoms with E-state index in [0.717, 1.165) is 0 Å². The molecule has 0 radical (unpaired) electrons. The largest absolute Gasteiger partial charge is 0.466 e. The first-order valence-electron chi connectivity index (χ1n) is 7.33. The highest BCUT2D eigenvalue weighted by atomic mass is 16.8. The van der Waals surface area contributed by atoms with Crippen LogP contribution in [-0.2, 0) is 28.5 Å². The van der Waals surface area contributed by atoms with Crippen molar-refractivity contribution in [2.24, 2.45) is 0 Å². The third-order valence-electron chi connectivity index (χ3n) is 3.90. The van der Waals surface area contributed by atoms with Gasteiger partial charge in [0.1, 0.15) is 11.7 Å². The van der Waals surface area contributed by atoms with Crippen molar-refractivity contribution in [3.8, 4) is 0 Å². The molecule has 2 aliphatic heterocycles. The van der Waals surface area contributed by atoms with Crippen molar-refractivity contribution in [2.45, 2.75) is 57.1 Å². The molecular weight excluding hydrogens is 292 g/mol. The quantitative estimate of drug-likeness (QED) is 0.572. The van der Waals surface area contributed by atoms with Gasteiger partial charge in [0.2, 0.25) is 0 Å². The summed E-state index contributed by atoms with van der Waals surface area (Å²) in [6.07, 6.45) is 2.01. The van der Waals surface area contributed by atoms with Gasteiger partial charge in [-0.25, -0.2) is 4.79 Å². The van der Waals surface area contributed by atoms with Gasteiger partial charge in [-0.2, -0.15) is 0 Å². The number of rotatable bonds is 6. The van der Waals surface area contributed by atoms with Crippen molar-refractivity contribution in [3.63, 3.8) is 0 Å². The Morgan fingerprint density at radius 2 is 2.05 bits per heavy atom. The second-order valence-electron chi connectivity index (χ2n) is 5.98. The number of methoxy groups -OCH3 is 1. The third kappa shape index (κ3) is 3.49. The van der Waals surface area contributed by atoms with Gasteiger partial charge in [0.25, 0.3) is 0 Å². The van der Waals surface area contributed by atoms with Crippen LogP contribution in [0.2, 0.25) is 0 Å². The molecule has 0 aliphatic carbocycles. The van der Waals surface area contributed by atoms with Crippen LogP contribution in [0, 0.1) is 0 Å². The normalized spacial score (nSPS) is 36.7. The summed E-state index contributed by atoms with van der Waals surface area (Å²) >= 11 is 0. The van der Waals surface area contributed by atoms with E-state index in [2.05, 4.69) is 4.74 Å².